The van der Waals surface area contributed by atoms with Crippen molar-refractivity contribution in [1.82, 2.24) is 4.98 Å². The number of sulfone groups is 1. The molecule has 4 nitrogen and oxygen atoms in total. The largest absolute Gasteiger partial charge is 0.443 e. The zero-order valence-corrected chi connectivity index (χ0v) is 12.3. The summed E-state index contributed by atoms with van der Waals surface area (Å²) < 4.78 is 60.0. The van der Waals surface area contributed by atoms with E-state index in [4.69, 9.17) is 0 Å². The van der Waals surface area contributed by atoms with Crippen molar-refractivity contribution in [1.29, 1.82) is 0 Å². The average molecular weight is 337 g/mol. The SMILES string of the molecule is CS(=O)(=O)c1ccc(C(O)c2cnc(C(F)(F)F)s2)cc1. The third kappa shape index (κ3) is 3.60. The molecule has 1 aromatic heterocycles. The van der Waals surface area contributed by atoms with Crippen LogP contribution in [0.15, 0.2) is 35.4 Å². The van der Waals surface area contributed by atoms with Crippen LogP contribution in [0.4, 0.5) is 13.2 Å². The molecular weight excluding hydrogens is 327 g/mol. The second-order valence-electron chi connectivity index (χ2n) is 4.31. The van der Waals surface area contributed by atoms with Crippen LogP contribution < -0.4 is 0 Å². The lowest BCUT2D eigenvalue weighted by atomic mass is 10.1. The Hall–Kier alpha value is -1.45. The maximum Gasteiger partial charge on any atom is 0.443 e. The van der Waals surface area contributed by atoms with E-state index in [1.54, 1.807) is 0 Å². The van der Waals surface area contributed by atoms with Gasteiger partial charge in [-0.25, -0.2) is 13.4 Å². The second kappa shape index (κ2) is 5.39. The zero-order valence-electron chi connectivity index (χ0n) is 10.6. The smallest absolute Gasteiger partial charge is 0.383 e. The Bertz CT molecular complexity index is 736. The molecule has 2 aromatic rings. The Labute approximate surface area is 122 Å². The Morgan fingerprint density at radius 1 is 1.24 bits per heavy atom. The monoisotopic (exact) mass is 337 g/mol. The summed E-state index contributed by atoms with van der Waals surface area (Å²) in [6.45, 7) is 0. The molecule has 1 aromatic carbocycles. The average Bonchev–Trinajstić information content (AvgIpc) is 2.86. The highest BCUT2D eigenvalue weighted by molar-refractivity contribution is 7.90. The van der Waals surface area contributed by atoms with Crippen molar-refractivity contribution in [2.24, 2.45) is 0 Å². The highest BCUT2D eigenvalue weighted by atomic mass is 32.2. The summed E-state index contributed by atoms with van der Waals surface area (Å²) in [5.74, 6) is 0. The topological polar surface area (TPSA) is 67.3 Å². The minimum absolute atomic E-state index is 0.0365. The Kier molecular flexibility index (Phi) is 4.09. The number of aliphatic hydroxyl groups excluding tert-OH is 1. The molecule has 0 saturated carbocycles. The van der Waals surface area contributed by atoms with Gasteiger partial charge in [0.2, 0.25) is 0 Å². The maximum atomic E-state index is 12.5. The van der Waals surface area contributed by atoms with E-state index in [1.807, 2.05) is 0 Å². The molecule has 9 heteroatoms. The molecule has 0 bridgehead atoms. The molecule has 0 radical (unpaired) electrons. The van der Waals surface area contributed by atoms with Crippen LogP contribution in [0.5, 0.6) is 0 Å². The molecule has 1 heterocycles. The van der Waals surface area contributed by atoms with E-state index in [2.05, 4.69) is 4.98 Å². The lowest BCUT2D eigenvalue weighted by Gasteiger charge is -2.09. The van der Waals surface area contributed by atoms with Crippen molar-refractivity contribution in [3.05, 3.63) is 45.9 Å². The molecule has 1 N–H and O–H groups in total. The summed E-state index contributed by atoms with van der Waals surface area (Å²) in [5.41, 5.74) is 0.291. The van der Waals surface area contributed by atoms with E-state index in [-0.39, 0.29) is 9.77 Å². The van der Waals surface area contributed by atoms with E-state index in [9.17, 15) is 26.7 Å². The van der Waals surface area contributed by atoms with Crippen molar-refractivity contribution in [3.63, 3.8) is 0 Å². The maximum absolute atomic E-state index is 12.5. The standard InChI is InChI=1S/C12H10F3NO3S2/c1-21(18,19)8-4-2-7(3-5-8)10(17)9-6-16-11(20-9)12(13,14)15/h2-6,10,17H,1H3. The first-order valence-corrected chi connectivity index (χ1v) is 8.31. The van der Waals surface area contributed by atoms with Crippen molar-refractivity contribution in [3.8, 4) is 0 Å². The predicted molar refractivity (Wildman–Crippen MR) is 70.7 cm³/mol. The minimum atomic E-state index is -4.55. The summed E-state index contributed by atoms with van der Waals surface area (Å²) in [6, 6.07) is 5.29. The molecule has 0 amide bonds. The number of hydrogen-bond donors (Lipinski definition) is 1. The van der Waals surface area contributed by atoms with E-state index < -0.39 is 27.1 Å². The van der Waals surface area contributed by atoms with E-state index in [0.29, 0.717) is 16.9 Å². The summed E-state index contributed by atoms with van der Waals surface area (Å²) in [6.07, 6.45) is -3.84. The summed E-state index contributed by atoms with van der Waals surface area (Å²) in [5, 5.41) is 8.98. The van der Waals surface area contributed by atoms with Gasteiger partial charge in [0.15, 0.2) is 14.8 Å². The van der Waals surface area contributed by atoms with Gasteiger partial charge in [-0.2, -0.15) is 13.2 Å². The minimum Gasteiger partial charge on any atom is -0.383 e. The molecule has 21 heavy (non-hydrogen) atoms. The molecule has 0 aliphatic heterocycles. The van der Waals surface area contributed by atoms with Crippen LogP contribution in [-0.4, -0.2) is 24.8 Å². The number of alkyl halides is 3. The second-order valence-corrected chi connectivity index (χ2v) is 7.39. The normalized spacial score (nSPS) is 14.1. The van der Waals surface area contributed by atoms with Crippen molar-refractivity contribution >= 4 is 21.2 Å². The zero-order chi connectivity index (χ0) is 15.8. The van der Waals surface area contributed by atoms with E-state index in [0.717, 1.165) is 12.5 Å². The third-order valence-corrected chi connectivity index (χ3v) is 4.88. The van der Waals surface area contributed by atoms with Crippen LogP contribution in [-0.2, 0) is 16.0 Å². The molecule has 0 fully saturated rings. The predicted octanol–water partition coefficient (Wildman–Crippen LogP) is 2.65. The first-order valence-electron chi connectivity index (χ1n) is 5.60. The highest BCUT2D eigenvalue weighted by Crippen LogP contribution is 2.36. The number of aliphatic hydroxyl groups is 1. The third-order valence-electron chi connectivity index (χ3n) is 2.66. The van der Waals surface area contributed by atoms with Crippen LogP contribution in [0.25, 0.3) is 0 Å². The van der Waals surface area contributed by atoms with Gasteiger partial charge >= 0.3 is 6.18 Å². The molecule has 1 atom stereocenters. The van der Waals surface area contributed by atoms with Crippen LogP contribution in [0.2, 0.25) is 0 Å². The summed E-state index contributed by atoms with van der Waals surface area (Å²) >= 11 is 0.348. The quantitative estimate of drug-likeness (QED) is 0.935. The van der Waals surface area contributed by atoms with Gasteiger partial charge in [0.25, 0.3) is 0 Å². The van der Waals surface area contributed by atoms with Crippen LogP contribution in [0, 0.1) is 0 Å². The Balaban J connectivity index is 2.28. The fourth-order valence-electron chi connectivity index (χ4n) is 1.61. The molecular formula is C12H10F3NO3S2. The van der Waals surface area contributed by atoms with E-state index >= 15 is 0 Å². The summed E-state index contributed by atoms with van der Waals surface area (Å²) in [4.78, 5) is 3.33. The molecule has 114 valence electrons. The van der Waals surface area contributed by atoms with Gasteiger partial charge < -0.3 is 5.11 Å². The highest BCUT2D eigenvalue weighted by Gasteiger charge is 2.35. The number of aromatic nitrogens is 1. The van der Waals surface area contributed by atoms with Crippen molar-refractivity contribution in [2.45, 2.75) is 17.2 Å². The molecule has 0 saturated heterocycles. The fourth-order valence-corrected chi connectivity index (χ4v) is 3.03. The first-order chi connectivity index (χ1) is 9.59. The van der Waals surface area contributed by atoms with Gasteiger partial charge in [-0.15, -0.1) is 11.3 Å². The van der Waals surface area contributed by atoms with Gasteiger partial charge in [0.05, 0.1) is 9.77 Å². The molecule has 0 aliphatic carbocycles. The number of hydrogen-bond acceptors (Lipinski definition) is 5. The van der Waals surface area contributed by atoms with Crippen molar-refractivity contribution in [2.75, 3.05) is 6.26 Å². The van der Waals surface area contributed by atoms with E-state index in [1.165, 1.54) is 24.3 Å². The van der Waals surface area contributed by atoms with Crippen LogP contribution in [0.1, 0.15) is 21.6 Å². The van der Waals surface area contributed by atoms with Gasteiger partial charge in [-0.3, -0.25) is 0 Å². The molecule has 0 spiro atoms. The lowest BCUT2D eigenvalue weighted by Crippen LogP contribution is -2.03. The number of rotatable bonds is 3. The molecule has 2 rings (SSSR count). The lowest BCUT2D eigenvalue weighted by molar-refractivity contribution is -0.137. The Morgan fingerprint density at radius 3 is 2.24 bits per heavy atom. The van der Waals surface area contributed by atoms with Gasteiger partial charge in [-0.1, -0.05) is 12.1 Å². The number of nitrogens with zero attached hydrogens (tertiary/aromatic N) is 1. The van der Waals surface area contributed by atoms with Crippen LogP contribution in [0.3, 0.4) is 0 Å². The molecule has 1 unspecified atom stereocenters. The van der Waals surface area contributed by atoms with Gasteiger partial charge in [-0.05, 0) is 17.7 Å². The number of benzene rings is 1. The fraction of sp³-hybridized carbons (Fsp3) is 0.250. The van der Waals surface area contributed by atoms with Gasteiger partial charge in [0.1, 0.15) is 6.10 Å². The van der Waals surface area contributed by atoms with Gasteiger partial charge in [0, 0.05) is 12.5 Å². The Morgan fingerprint density at radius 2 is 1.81 bits per heavy atom. The molecule has 0 aliphatic rings. The van der Waals surface area contributed by atoms with Crippen molar-refractivity contribution < 1.29 is 26.7 Å². The first kappa shape index (κ1) is 15.9. The summed E-state index contributed by atoms with van der Waals surface area (Å²) in [7, 11) is -3.37. The van der Waals surface area contributed by atoms with Crippen LogP contribution >= 0.6 is 11.3 Å². The number of thiazole rings is 1. The number of halogens is 3.